The molecule has 1 saturated heterocycles. The van der Waals surface area contributed by atoms with Crippen molar-refractivity contribution in [3.8, 4) is 0 Å². The minimum atomic E-state index is -0.181. The molecule has 0 radical (unpaired) electrons. The molecule has 1 N–H and O–H groups in total. The molecule has 24 heavy (non-hydrogen) atoms. The molecule has 7 heteroatoms. The number of likely N-dealkylation sites (tertiary alicyclic amines) is 1. The van der Waals surface area contributed by atoms with Crippen molar-refractivity contribution in [3.63, 3.8) is 0 Å². The summed E-state index contributed by atoms with van der Waals surface area (Å²) in [7, 11) is 3.75. The highest BCUT2D eigenvalue weighted by molar-refractivity contribution is 5.83. The molecule has 0 saturated carbocycles. The maximum atomic E-state index is 12.2. The third kappa shape index (κ3) is 4.56. The Morgan fingerprint density at radius 3 is 2.79 bits per heavy atom. The quantitative estimate of drug-likeness (QED) is 0.834. The number of carbonyl (C=O) groups is 2. The van der Waals surface area contributed by atoms with Gasteiger partial charge in [-0.15, -0.1) is 0 Å². The van der Waals surface area contributed by atoms with Gasteiger partial charge in [-0.1, -0.05) is 6.92 Å². The first-order chi connectivity index (χ1) is 11.4. The molecular weight excluding hydrogens is 306 g/mol. The van der Waals surface area contributed by atoms with Crippen LogP contribution in [0.3, 0.4) is 0 Å². The lowest BCUT2D eigenvalue weighted by molar-refractivity contribution is -0.132. The van der Waals surface area contributed by atoms with Gasteiger partial charge in [-0.05, 0) is 31.8 Å². The number of aromatic nitrogens is 2. The van der Waals surface area contributed by atoms with Crippen molar-refractivity contribution >= 4 is 11.8 Å². The van der Waals surface area contributed by atoms with E-state index in [-0.39, 0.29) is 24.4 Å². The number of piperidine rings is 1. The van der Waals surface area contributed by atoms with E-state index in [1.807, 2.05) is 25.0 Å². The van der Waals surface area contributed by atoms with Crippen LogP contribution in [0.4, 0.5) is 0 Å². The molecule has 0 aliphatic carbocycles. The van der Waals surface area contributed by atoms with Crippen molar-refractivity contribution < 1.29 is 9.59 Å². The fraction of sp³-hybridized carbons (Fsp3) is 0.706. The predicted molar refractivity (Wildman–Crippen MR) is 92.2 cm³/mol. The molecule has 134 valence electrons. The number of rotatable bonds is 6. The SMILES string of the molecule is CCN1CCC[C@@H](CN(C)C(=O)CNC(C)=O)[C@@H]1c1cnn(C)c1. The molecule has 2 amide bonds. The van der Waals surface area contributed by atoms with E-state index in [9.17, 15) is 9.59 Å². The smallest absolute Gasteiger partial charge is 0.241 e. The number of hydrogen-bond donors (Lipinski definition) is 1. The largest absolute Gasteiger partial charge is 0.347 e. The molecule has 0 unspecified atom stereocenters. The molecule has 1 aromatic rings. The molecular formula is C17H29N5O2. The minimum absolute atomic E-state index is 0.0521. The first kappa shape index (κ1) is 18.4. The van der Waals surface area contributed by atoms with Crippen molar-refractivity contribution in [1.29, 1.82) is 0 Å². The molecule has 7 nitrogen and oxygen atoms in total. The van der Waals surface area contributed by atoms with Gasteiger partial charge in [-0.3, -0.25) is 19.2 Å². The minimum Gasteiger partial charge on any atom is -0.347 e. The fourth-order valence-corrected chi connectivity index (χ4v) is 3.56. The first-order valence-electron chi connectivity index (χ1n) is 8.63. The number of nitrogens with one attached hydrogen (secondary N) is 1. The summed E-state index contributed by atoms with van der Waals surface area (Å²) >= 11 is 0. The number of aryl methyl sites for hydroxylation is 1. The van der Waals surface area contributed by atoms with Crippen LogP contribution in [0.25, 0.3) is 0 Å². The van der Waals surface area contributed by atoms with E-state index in [1.54, 1.807) is 4.90 Å². The van der Waals surface area contributed by atoms with Crippen molar-refractivity contribution in [3.05, 3.63) is 18.0 Å². The van der Waals surface area contributed by atoms with Gasteiger partial charge in [0.05, 0.1) is 12.7 Å². The van der Waals surface area contributed by atoms with Gasteiger partial charge in [-0.2, -0.15) is 5.10 Å². The highest BCUT2D eigenvalue weighted by atomic mass is 16.2. The van der Waals surface area contributed by atoms with E-state index in [1.165, 1.54) is 12.5 Å². The topological polar surface area (TPSA) is 70.5 Å². The zero-order valence-corrected chi connectivity index (χ0v) is 15.2. The second-order valence-corrected chi connectivity index (χ2v) is 6.61. The number of likely N-dealkylation sites (N-methyl/N-ethyl adjacent to an activating group) is 1. The number of carbonyl (C=O) groups excluding carboxylic acids is 2. The lowest BCUT2D eigenvalue weighted by Crippen LogP contribution is -2.45. The maximum Gasteiger partial charge on any atom is 0.241 e. The monoisotopic (exact) mass is 335 g/mol. The Morgan fingerprint density at radius 2 is 2.21 bits per heavy atom. The van der Waals surface area contributed by atoms with E-state index < -0.39 is 0 Å². The van der Waals surface area contributed by atoms with E-state index in [0.29, 0.717) is 12.5 Å². The van der Waals surface area contributed by atoms with Crippen LogP contribution in [0.15, 0.2) is 12.4 Å². The Hall–Kier alpha value is -1.89. The second-order valence-electron chi connectivity index (χ2n) is 6.61. The van der Waals surface area contributed by atoms with Gasteiger partial charge < -0.3 is 10.2 Å². The lowest BCUT2D eigenvalue weighted by atomic mass is 9.85. The molecule has 1 aromatic heterocycles. The van der Waals surface area contributed by atoms with Crippen molar-refractivity contribution in [2.45, 2.75) is 32.7 Å². The van der Waals surface area contributed by atoms with Crippen molar-refractivity contribution in [2.75, 3.05) is 33.2 Å². The molecule has 2 atom stereocenters. The van der Waals surface area contributed by atoms with Crippen LogP contribution in [0.1, 0.15) is 38.3 Å². The predicted octanol–water partition coefficient (Wildman–Crippen LogP) is 0.788. The summed E-state index contributed by atoms with van der Waals surface area (Å²) in [5.41, 5.74) is 1.21. The van der Waals surface area contributed by atoms with Gasteiger partial charge in [0.2, 0.25) is 11.8 Å². The van der Waals surface area contributed by atoms with Crippen LogP contribution in [0, 0.1) is 5.92 Å². The van der Waals surface area contributed by atoms with Crippen LogP contribution >= 0.6 is 0 Å². The first-order valence-corrected chi connectivity index (χ1v) is 8.63. The van der Waals surface area contributed by atoms with Gasteiger partial charge >= 0.3 is 0 Å². The molecule has 1 aliphatic rings. The van der Waals surface area contributed by atoms with Crippen molar-refractivity contribution in [2.24, 2.45) is 13.0 Å². The average molecular weight is 335 g/mol. The van der Waals surface area contributed by atoms with Crippen LogP contribution in [-0.4, -0.2) is 64.6 Å². The van der Waals surface area contributed by atoms with Crippen LogP contribution in [0.5, 0.6) is 0 Å². The zero-order chi connectivity index (χ0) is 17.7. The number of nitrogens with zero attached hydrogens (tertiary/aromatic N) is 4. The van der Waals surface area contributed by atoms with E-state index in [2.05, 4.69) is 28.4 Å². The Kier molecular flexibility index (Phi) is 6.36. The summed E-state index contributed by atoms with van der Waals surface area (Å²) in [6.07, 6.45) is 6.24. The van der Waals surface area contributed by atoms with Crippen LogP contribution < -0.4 is 5.32 Å². The maximum absolute atomic E-state index is 12.2. The van der Waals surface area contributed by atoms with Gasteiger partial charge in [0, 0.05) is 45.4 Å². The molecule has 1 fully saturated rings. The van der Waals surface area contributed by atoms with Crippen molar-refractivity contribution in [1.82, 2.24) is 24.9 Å². The molecule has 2 rings (SSSR count). The molecule has 2 heterocycles. The Balaban J connectivity index is 2.07. The summed E-state index contributed by atoms with van der Waals surface area (Å²) < 4.78 is 1.83. The third-order valence-corrected chi connectivity index (χ3v) is 4.76. The second kappa shape index (κ2) is 8.28. The summed E-state index contributed by atoms with van der Waals surface area (Å²) in [5, 5.41) is 6.90. The average Bonchev–Trinajstić information content (AvgIpc) is 2.98. The van der Waals surface area contributed by atoms with E-state index >= 15 is 0 Å². The van der Waals surface area contributed by atoms with E-state index in [4.69, 9.17) is 0 Å². The van der Waals surface area contributed by atoms with Gasteiger partial charge in [-0.25, -0.2) is 0 Å². The summed E-state index contributed by atoms with van der Waals surface area (Å²) in [6.45, 7) is 6.42. The number of amides is 2. The van der Waals surface area contributed by atoms with Crippen LogP contribution in [0.2, 0.25) is 0 Å². The Morgan fingerprint density at radius 1 is 1.46 bits per heavy atom. The highest BCUT2D eigenvalue weighted by Gasteiger charge is 2.33. The Bertz CT molecular complexity index is 571. The molecule has 0 aromatic carbocycles. The fourth-order valence-electron chi connectivity index (χ4n) is 3.56. The summed E-state index contributed by atoms with van der Waals surface area (Å²) in [5.74, 6) is 0.137. The summed E-state index contributed by atoms with van der Waals surface area (Å²) in [4.78, 5) is 27.4. The molecule has 0 bridgehead atoms. The Labute approximate surface area is 144 Å². The van der Waals surface area contributed by atoms with E-state index in [0.717, 1.165) is 25.9 Å². The van der Waals surface area contributed by atoms with Crippen LogP contribution in [-0.2, 0) is 16.6 Å². The van der Waals surface area contributed by atoms with Gasteiger partial charge in [0.15, 0.2) is 0 Å². The zero-order valence-electron chi connectivity index (χ0n) is 15.2. The standard InChI is InChI=1S/C17H29N5O2/c1-5-22-8-6-7-14(17(22)15-9-19-21(4)12-15)11-20(3)16(24)10-18-13(2)23/h9,12,14,17H,5-8,10-11H2,1-4H3,(H,18,23)/t14-,17+/m0/s1. The third-order valence-electron chi connectivity index (χ3n) is 4.76. The lowest BCUT2D eigenvalue weighted by Gasteiger charge is -2.42. The summed E-state index contributed by atoms with van der Waals surface area (Å²) in [6, 6.07) is 0.286. The number of hydrogen-bond acceptors (Lipinski definition) is 4. The normalized spacial score (nSPS) is 21.5. The molecule has 1 aliphatic heterocycles. The van der Waals surface area contributed by atoms with Gasteiger partial charge in [0.25, 0.3) is 0 Å². The highest BCUT2D eigenvalue weighted by Crippen LogP contribution is 2.36. The molecule has 0 spiro atoms. The van der Waals surface area contributed by atoms with Gasteiger partial charge in [0.1, 0.15) is 0 Å².